The molecule has 1 amide bonds. The number of hydrogen-bond acceptors (Lipinski definition) is 2. The van der Waals surface area contributed by atoms with Gasteiger partial charge in [-0.05, 0) is 36.4 Å². The summed E-state index contributed by atoms with van der Waals surface area (Å²) in [6.07, 6.45) is 0. The maximum atomic E-state index is 11.7. The molecule has 0 fully saturated rings. The average Bonchev–Trinajstić information content (AvgIpc) is 2.41. The van der Waals surface area contributed by atoms with Crippen LogP contribution in [0.3, 0.4) is 0 Å². The van der Waals surface area contributed by atoms with Crippen molar-refractivity contribution in [1.29, 1.82) is 0 Å². The Morgan fingerprint density at radius 1 is 1.00 bits per heavy atom. The fraction of sp³-hybridized carbons (Fsp3) is 0.0714. The van der Waals surface area contributed by atoms with Crippen molar-refractivity contribution >= 4 is 40.5 Å². The van der Waals surface area contributed by atoms with E-state index in [9.17, 15) is 4.79 Å². The van der Waals surface area contributed by atoms with E-state index in [1.54, 1.807) is 24.3 Å². The lowest BCUT2D eigenvalue weighted by atomic mass is 10.3. The molecule has 0 aliphatic heterocycles. The van der Waals surface area contributed by atoms with Gasteiger partial charge < -0.3 is 10.6 Å². The van der Waals surface area contributed by atoms with Gasteiger partial charge in [-0.25, -0.2) is 0 Å². The minimum atomic E-state index is -0.164. The number of carbonyl (C=O) groups excluding carboxylic acids is 1. The molecule has 98 valence electrons. The fourth-order valence-electron chi connectivity index (χ4n) is 1.51. The van der Waals surface area contributed by atoms with E-state index in [-0.39, 0.29) is 12.5 Å². The summed E-state index contributed by atoms with van der Waals surface area (Å²) in [7, 11) is 0. The van der Waals surface area contributed by atoms with Gasteiger partial charge in [0.15, 0.2) is 0 Å². The van der Waals surface area contributed by atoms with Crippen molar-refractivity contribution in [3.8, 4) is 0 Å². The van der Waals surface area contributed by atoms with Gasteiger partial charge in [-0.15, -0.1) is 0 Å². The zero-order valence-corrected chi connectivity index (χ0v) is 11.5. The minimum Gasteiger partial charge on any atom is -0.376 e. The van der Waals surface area contributed by atoms with Crippen LogP contribution in [0.5, 0.6) is 0 Å². The molecule has 3 nitrogen and oxygen atoms in total. The Bertz CT molecular complexity index is 570. The first-order valence-corrected chi connectivity index (χ1v) is 6.44. The molecule has 0 unspecified atom stereocenters. The summed E-state index contributed by atoms with van der Waals surface area (Å²) in [5, 5.41) is 6.90. The van der Waals surface area contributed by atoms with Crippen LogP contribution in [0, 0.1) is 0 Å². The number of amides is 1. The third-order valence-electron chi connectivity index (χ3n) is 2.45. The second-order valence-corrected chi connectivity index (χ2v) is 4.73. The van der Waals surface area contributed by atoms with Crippen LogP contribution in [0.1, 0.15) is 0 Å². The van der Waals surface area contributed by atoms with Crippen molar-refractivity contribution in [3.05, 3.63) is 58.6 Å². The molecule has 2 aromatic carbocycles. The second-order valence-electron chi connectivity index (χ2n) is 3.89. The van der Waals surface area contributed by atoms with Crippen LogP contribution in [0.15, 0.2) is 48.5 Å². The summed E-state index contributed by atoms with van der Waals surface area (Å²) in [5.74, 6) is -0.164. The molecule has 0 saturated carbocycles. The predicted molar refractivity (Wildman–Crippen MR) is 80.0 cm³/mol. The normalized spacial score (nSPS) is 10.0. The van der Waals surface area contributed by atoms with Crippen LogP contribution in [0.2, 0.25) is 10.0 Å². The first-order valence-electron chi connectivity index (χ1n) is 5.69. The van der Waals surface area contributed by atoms with Crippen LogP contribution in [-0.4, -0.2) is 12.5 Å². The molecule has 0 radical (unpaired) electrons. The smallest absolute Gasteiger partial charge is 0.243 e. The summed E-state index contributed by atoms with van der Waals surface area (Å²) in [6, 6.07) is 14.2. The van der Waals surface area contributed by atoms with E-state index < -0.39 is 0 Å². The van der Waals surface area contributed by atoms with Crippen LogP contribution in [-0.2, 0) is 4.79 Å². The number of carbonyl (C=O) groups is 1. The number of hydrogen-bond donors (Lipinski definition) is 2. The summed E-state index contributed by atoms with van der Waals surface area (Å²) in [6.45, 7) is 0.160. The van der Waals surface area contributed by atoms with Crippen molar-refractivity contribution in [2.45, 2.75) is 0 Å². The van der Waals surface area contributed by atoms with Crippen LogP contribution >= 0.6 is 23.2 Å². The summed E-state index contributed by atoms with van der Waals surface area (Å²) >= 11 is 11.7. The molecule has 0 saturated heterocycles. The molecule has 0 aromatic heterocycles. The Labute approximate surface area is 121 Å². The molecule has 5 heteroatoms. The topological polar surface area (TPSA) is 41.1 Å². The summed E-state index contributed by atoms with van der Waals surface area (Å²) in [4.78, 5) is 11.7. The number of rotatable bonds is 4. The summed E-state index contributed by atoms with van der Waals surface area (Å²) < 4.78 is 0. The monoisotopic (exact) mass is 294 g/mol. The largest absolute Gasteiger partial charge is 0.376 e. The predicted octanol–water partition coefficient (Wildman–Crippen LogP) is 4.04. The lowest BCUT2D eigenvalue weighted by molar-refractivity contribution is -0.114. The number of anilines is 2. The van der Waals surface area contributed by atoms with Gasteiger partial charge in [0.1, 0.15) is 0 Å². The fourth-order valence-corrected chi connectivity index (χ4v) is 1.82. The molecule has 2 rings (SSSR count). The third kappa shape index (κ3) is 4.16. The molecule has 0 bridgehead atoms. The number of para-hydroxylation sites is 1. The maximum Gasteiger partial charge on any atom is 0.243 e. The highest BCUT2D eigenvalue weighted by Crippen LogP contribution is 2.20. The molecule has 0 aliphatic carbocycles. The number of nitrogens with one attached hydrogen (secondary N) is 2. The Morgan fingerprint density at radius 2 is 1.68 bits per heavy atom. The lowest BCUT2D eigenvalue weighted by Crippen LogP contribution is -2.21. The zero-order chi connectivity index (χ0) is 13.7. The van der Waals surface area contributed by atoms with Gasteiger partial charge in [0, 0.05) is 10.7 Å². The molecule has 2 aromatic rings. The number of halogens is 2. The highest BCUT2D eigenvalue weighted by atomic mass is 35.5. The van der Waals surface area contributed by atoms with Gasteiger partial charge in [-0.3, -0.25) is 4.79 Å². The summed E-state index contributed by atoms with van der Waals surface area (Å²) in [5.41, 5.74) is 1.44. The Balaban J connectivity index is 1.88. The Hall–Kier alpha value is -1.71. The van der Waals surface area contributed by atoms with Crippen molar-refractivity contribution < 1.29 is 4.79 Å². The SMILES string of the molecule is O=C(CNc1ccc(Cl)cc1)Nc1ccccc1Cl. The molecule has 0 heterocycles. The molecule has 0 spiro atoms. The van der Waals surface area contributed by atoms with E-state index in [0.717, 1.165) is 5.69 Å². The Morgan fingerprint density at radius 3 is 2.37 bits per heavy atom. The number of benzene rings is 2. The van der Waals surface area contributed by atoms with Gasteiger partial charge in [-0.1, -0.05) is 35.3 Å². The van der Waals surface area contributed by atoms with E-state index in [2.05, 4.69) is 10.6 Å². The molecule has 19 heavy (non-hydrogen) atoms. The zero-order valence-electron chi connectivity index (χ0n) is 9.99. The van der Waals surface area contributed by atoms with E-state index in [4.69, 9.17) is 23.2 Å². The average molecular weight is 295 g/mol. The van der Waals surface area contributed by atoms with E-state index in [0.29, 0.717) is 15.7 Å². The minimum absolute atomic E-state index is 0.160. The van der Waals surface area contributed by atoms with E-state index in [1.165, 1.54) is 0 Å². The van der Waals surface area contributed by atoms with E-state index in [1.807, 2.05) is 24.3 Å². The highest BCUT2D eigenvalue weighted by molar-refractivity contribution is 6.33. The van der Waals surface area contributed by atoms with Gasteiger partial charge in [0.05, 0.1) is 17.3 Å². The van der Waals surface area contributed by atoms with Gasteiger partial charge >= 0.3 is 0 Å². The maximum absolute atomic E-state index is 11.7. The van der Waals surface area contributed by atoms with Crippen molar-refractivity contribution in [3.63, 3.8) is 0 Å². The standard InChI is InChI=1S/C14H12Cl2N2O/c15-10-5-7-11(8-6-10)17-9-14(19)18-13-4-2-1-3-12(13)16/h1-8,17H,9H2,(H,18,19). The third-order valence-corrected chi connectivity index (χ3v) is 3.03. The van der Waals surface area contributed by atoms with Crippen molar-refractivity contribution in [2.75, 3.05) is 17.2 Å². The quantitative estimate of drug-likeness (QED) is 0.893. The first-order chi connectivity index (χ1) is 9.15. The van der Waals surface area contributed by atoms with Crippen LogP contribution in [0.4, 0.5) is 11.4 Å². The van der Waals surface area contributed by atoms with Crippen molar-refractivity contribution in [1.82, 2.24) is 0 Å². The van der Waals surface area contributed by atoms with Gasteiger partial charge in [0.25, 0.3) is 0 Å². The lowest BCUT2D eigenvalue weighted by Gasteiger charge is -2.08. The van der Waals surface area contributed by atoms with Crippen molar-refractivity contribution in [2.24, 2.45) is 0 Å². The molecule has 0 atom stereocenters. The van der Waals surface area contributed by atoms with Crippen LogP contribution in [0.25, 0.3) is 0 Å². The highest BCUT2D eigenvalue weighted by Gasteiger charge is 2.04. The van der Waals surface area contributed by atoms with Crippen LogP contribution < -0.4 is 10.6 Å². The van der Waals surface area contributed by atoms with Gasteiger partial charge in [-0.2, -0.15) is 0 Å². The molecular formula is C14H12Cl2N2O. The molecular weight excluding hydrogens is 283 g/mol. The molecule has 0 aliphatic rings. The first kappa shape index (κ1) is 13.7. The molecule has 2 N–H and O–H groups in total. The van der Waals surface area contributed by atoms with Gasteiger partial charge in [0.2, 0.25) is 5.91 Å². The second kappa shape index (κ2) is 6.45. The Kier molecular flexibility index (Phi) is 4.66. The van der Waals surface area contributed by atoms with E-state index >= 15 is 0 Å².